The van der Waals surface area contributed by atoms with Crippen molar-refractivity contribution in [2.45, 2.75) is 25.4 Å². The van der Waals surface area contributed by atoms with Crippen LogP contribution in [0.3, 0.4) is 0 Å². The third-order valence-electron chi connectivity index (χ3n) is 3.14. The predicted molar refractivity (Wildman–Crippen MR) is 52.0 cm³/mol. The lowest BCUT2D eigenvalue weighted by Crippen LogP contribution is -2.20. The molecule has 74 valence electrons. The topological polar surface area (TPSA) is 39.4 Å². The number of aryl methyl sites for hydroxylation is 1. The summed E-state index contributed by atoms with van der Waals surface area (Å²) < 4.78 is 2.00. The monoisotopic (exact) mass is 191 g/mol. The summed E-state index contributed by atoms with van der Waals surface area (Å²) in [6, 6.07) is 0. The molecule has 2 aliphatic rings. The Morgan fingerprint density at radius 1 is 1.50 bits per heavy atom. The molecule has 1 aliphatic heterocycles. The maximum atomic E-state index is 5.40. The summed E-state index contributed by atoms with van der Waals surface area (Å²) in [7, 11) is 1.99. The molecule has 1 aromatic rings. The van der Waals surface area contributed by atoms with E-state index in [-0.39, 0.29) is 0 Å². The fourth-order valence-electron chi connectivity index (χ4n) is 2.38. The molecule has 1 aromatic heterocycles. The number of fused-ring (bicyclic) bond motifs is 1. The van der Waals surface area contributed by atoms with Gasteiger partial charge in [-0.3, -0.25) is 0 Å². The maximum Gasteiger partial charge on any atom is 0.157 e. The lowest BCUT2D eigenvalue weighted by molar-refractivity contribution is 0.0746. The minimum absolute atomic E-state index is 0.321. The van der Waals surface area contributed by atoms with Crippen LogP contribution in [0.2, 0.25) is 0 Å². The smallest absolute Gasteiger partial charge is 0.157 e. The maximum absolute atomic E-state index is 5.40. The number of hydrogen-bond acceptors (Lipinski definition) is 3. The summed E-state index contributed by atoms with van der Waals surface area (Å²) >= 11 is 0. The molecule has 0 saturated heterocycles. The molecular formula is C10H13N3O. The van der Waals surface area contributed by atoms with Gasteiger partial charge in [0, 0.05) is 25.4 Å². The van der Waals surface area contributed by atoms with Gasteiger partial charge in [0.05, 0.1) is 0 Å². The van der Waals surface area contributed by atoms with Crippen LogP contribution in [0.25, 0.3) is 0 Å². The van der Waals surface area contributed by atoms with Gasteiger partial charge in [0.25, 0.3) is 0 Å². The van der Waals surface area contributed by atoms with E-state index in [1.54, 1.807) is 6.20 Å². The summed E-state index contributed by atoms with van der Waals surface area (Å²) in [5, 5.41) is 4.16. The molecule has 1 aliphatic carbocycles. The fraction of sp³-hybridized carbons (Fsp3) is 0.600. The molecule has 0 amide bonds. The molecule has 4 nitrogen and oxygen atoms in total. The second-order valence-electron chi connectivity index (χ2n) is 4.02. The van der Waals surface area contributed by atoms with Crippen molar-refractivity contribution in [3.8, 4) is 0 Å². The molecule has 1 fully saturated rings. The molecule has 0 bridgehead atoms. The van der Waals surface area contributed by atoms with Gasteiger partial charge in [-0.05, 0) is 19.3 Å². The highest BCUT2D eigenvalue weighted by atomic mass is 16.6. The largest absolute Gasteiger partial charge is 0.391 e. The van der Waals surface area contributed by atoms with E-state index >= 15 is 0 Å². The Morgan fingerprint density at radius 2 is 2.43 bits per heavy atom. The summed E-state index contributed by atoms with van der Waals surface area (Å²) in [6.45, 7) is 0. The van der Waals surface area contributed by atoms with Gasteiger partial charge in [-0.25, -0.2) is 4.98 Å². The summed E-state index contributed by atoms with van der Waals surface area (Å²) in [5.41, 5.74) is 1.04. The third-order valence-corrected chi connectivity index (χ3v) is 3.14. The number of oxime groups is 1. The van der Waals surface area contributed by atoms with Crippen molar-refractivity contribution in [1.29, 1.82) is 0 Å². The van der Waals surface area contributed by atoms with Gasteiger partial charge in [-0.1, -0.05) is 5.16 Å². The van der Waals surface area contributed by atoms with E-state index in [0.717, 1.165) is 18.0 Å². The van der Waals surface area contributed by atoms with Crippen LogP contribution in [0.5, 0.6) is 0 Å². The first-order valence-corrected chi connectivity index (χ1v) is 5.07. The highest BCUT2D eigenvalue weighted by molar-refractivity contribution is 6.00. The first-order chi connectivity index (χ1) is 6.86. The van der Waals surface area contributed by atoms with Crippen molar-refractivity contribution < 1.29 is 4.84 Å². The van der Waals surface area contributed by atoms with E-state index in [1.807, 2.05) is 17.8 Å². The number of aromatic nitrogens is 2. The molecule has 0 unspecified atom stereocenters. The van der Waals surface area contributed by atoms with Crippen molar-refractivity contribution in [3.63, 3.8) is 0 Å². The second kappa shape index (κ2) is 2.83. The van der Waals surface area contributed by atoms with Gasteiger partial charge in [-0.2, -0.15) is 0 Å². The molecule has 2 heterocycles. The Morgan fingerprint density at radius 3 is 3.21 bits per heavy atom. The van der Waals surface area contributed by atoms with E-state index in [0.29, 0.717) is 12.0 Å². The van der Waals surface area contributed by atoms with Crippen LogP contribution < -0.4 is 0 Å². The first kappa shape index (κ1) is 8.03. The zero-order valence-electron chi connectivity index (χ0n) is 8.18. The number of imidazole rings is 1. The molecule has 0 N–H and O–H groups in total. The van der Waals surface area contributed by atoms with Crippen molar-refractivity contribution in [3.05, 3.63) is 18.2 Å². The van der Waals surface area contributed by atoms with Crippen LogP contribution in [0, 0.1) is 5.92 Å². The number of hydrogen-bond donors (Lipinski definition) is 0. The predicted octanol–water partition coefficient (Wildman–Crippen LogP) is 1.32. The molecule has 0 spiro atoms. The van der Waals surface area contributed by atoms with Gasteiger partial charge in [0.2, 0.25) is 0 Å². The molecule has 0 aromatic carbocycles. The molecule has 2 atom stereocenters. The molecule has 3 rings (SSSR count). The van der Waals surface area contributed by atoms with Gasteiger partial charge < -0.3 is 9.40 Å². The Hall–Kier alpha value is -1.32. The molecular weight excluding hydrogens is 178 g/mol. The minimum atomic E-state index is 0.321. The molecule has 4 heteroatoms. The average molecular weight is 191 g/mol. The first-order valence-electron chi connectivity index (χ1n) is 5.07. The van der Waals surface area contributed by atoms with Crippen LogP contribution in [-0.4, -0.2) is 21.4 Å². The van der Waals surface area contributed by atoms with Crippen LogP contribution in [0.15, 0.2) is 17.5 Å². The normalized spacial score (nSPS) is 29.9. The highest BCUT2D eigenvalue weighted by Gasteiger charge is 2.39. The summed E-state index contributed by atoms with van der Waals surface area (Å²) in [5.74, 6) is 1.44. The minimum Gasteiger partial charge on any atom is -0.391 e. The van der Waals surface area contributed by atoms with Gasteiger partial charge in [0.1, 0.15) is 11.8 Å². The second-order valence-corrected chi connectivity index (χ2v) is 4.02. The zero-order chi connectivity index (χ0) is 9.54. The number of nitrogens with zero attached hydrogens (tertiary/aromatic N) is 3. The average Bonchev–Trinajstić information content (AvgIpc) is 2.78. The zero-order valence-corrected chi connectivity index (χ0v) is 8.18. The molecule has 14 heavy (non-hydrogen) atoms. The highest BCUT2D eigenvalue weighted by Crippen LogP contribution is 2.35. The van der Waals surface area contributed by atoms with E-state index < -0.39 is 0 Å². The summed E-state index contributed by atoms with van der Waals surface area (Å²) in [6.07, 6.45) is 7.65. The number of rotatable bonds is 1. The summed E-state index contributed by atoms with van der Waals surface area (Å²) in [4.78, 5) is 9.71. The van der Waals surface area contributed by atoms with Crippen LogP contribution in [0.4, 0.5) is 0 Å². The Bertz CT molecular complexity index is 382. The molecule has 1 saturated carbocycles. The van der Waals surface area contributed by atoms with Crippen LogP contribution in [0.1, 0.15) is 25.1 Å². The van der Waals surface area contributed by atoms with Gasteiger partial charge in [0.15, 0.2) is 5.82 Å². The van der Waals surface area contributed by atoms with Crippen LogP contribution >= 0.6 is 0 Å². The van der Waals surface area contributed by atoms with Gasteiger partial charge in [-0.15, -0.1) is 0 Å². The Kier molecular flexibility index (Phi) is 1.63. The van der Waals surface area contributed by atoms with Crippen molar-refractivity contribution >= 4 is 5.71 Å². The van der Waals surface area contributed by atoms with Crippen molar-refractivity contribution in [1.82, 2.24) is 9.55 Å². The quantitative estimate of drug-likeness (QED) is 0.671. The standard InChI is InChI=1S/C10H13N3O/c1-13-6-5-11-10(13)9-7-3-2-4-8(7)14-12-9/h5-8H,2-4H2,1H3/t7-,8-/m0/s1. The van der Waals surface area contributed by atoms with E-state index in [9.17, 15) is 0 Å². The lowest BCUT2D eigenvalue weighted by Gasteiger charge is -2.07. The van der Waals surface area contributed by atoms with E-state index in [2.05, 4.69) is 10.1 Å². The molecule has 0 radical (unpaired) electrons. The van der Waals surface area contributed by atoms with Crippen molar-refractivity contribution in [2.24, 2.45) is 18.1 Å². The van der Waals surface area contributed by atoms with Gasteiger partial charge >= 0.3 is 0 Å². The van der Waals surface area contributed by atoms with Crippen molar-refractivity contribution in [2.75, 3.05) is 0 Å². The Balaban J connectivity index is 1.96. The van der Waals surface area contributed by atoms with E-state index in [1.165, 1.54) is 12.8 Å². The van der Waals surface area contributed by atoms with Crippen LogP contribution in [-0.2, 0) is 11.9 Å². The third kappa shape index (κ3) is 0.997. The SMILES string of the molecule is Cn1ccnc1C1=NO[C@H]2CCC[C@H]12. The Labute approximate surface area is 82.6 Å². The lowest BCUT2D eigenvalue weighted by atomic mass is 10.00. The fourth-order valence-corrected chi connectivity index (χ4v) is 2.38. The van der Waals surface area contributed by atoms with E-state index in [4.69, 9.17) is 4.84 Å².